The third-order valence-corrected chi connectivity index (χ3v) is 6.14. The number of hydrogen-bond acceptors (Lipinski definition) is 7. The second-order valence-corrected chi connectivity index (χ2v) is 8.65. The van der Waals surface area contributed by atoms with Gasteiger partial charge in [0, 0.05) is 57.2 Å². The Hall–Kier alpha value is -4.29. The Balaban J connectivity index is 1.54. The molecule has 1 aliphatic rings. The normalized spacial score (nSPS) is 16.7. The number of nitrogens with one attached hydrogen (secondary N) is 1. The van der Waals surface area contributed by atoms with Crippen molar-refractivity contribution in [1.82, 2.24) is 14.5 Å². The maximum absolute atomic E-state index is 15.0. The van der Waals surface area contributed by atoms with Crippen LogP contribution in [0, 0.1) is 5.82 Å². The van der Waals surface area contributed by atoms with Gasteiger partial charge in [0.2, 0.25) is 5.91 Å². The number of amides is 3. The van der Waals surface area contributed by atoms with E-state index in [1.807, 2.05) is 0 Å². The van der Waals surface area contributed by atoms with Crippen LogP contribution < -0.4 is 20.0 Å². The maximum Gasteiger partial charge on any atom is 0.341 e. The number of pyridine rings is 2. The van der Waals surface area contributed by atoms with Crippen LogP contribution in [0.15, 0.2) is 65.7 Å². The molecule has 1 saturated heterocycles. The second-order valence-electron chi connectivity index (χ2n) is 8.31. The number of esters is 1. The fourth-order valence-corrected chi connectivity index (χ4v) is 4.19. The lowest BCUT2D eigenvalue weighted by Crippen LogP contribution is -2.47. The lowest BCUT2D eigenvalue weighted by atomic mass is 10.1. The molecule has 1 aromatic carbocycles. The molecule has 3 amide bonds. The molecule has 2 atom stereocenters. The van der Waals surface area contributed by atoms with Crippen LogP contribution in [-0.4, -0.2) is 58.2 Å². The number of benzene rings is 1. The van der Waals surface area contributed by atoms with Crippen molar-refractivity contribution in [2.24, 2.45) is 0 Å². The van der Waals surface area contributed by atoms with Crippen molar-refractivity contribution in [1.29, 1.82) is 0 Å². The summed E-state index contributed by atoms with van der Waals surface area (Å²) >= 11 is 6.20. The Morgan fingerprint density at radius 1 is 1.18 bits per heavy atom. The monoisotopic (exact) mass is 543 g/mol. The number of methoxy groups -OCH3 is 1. The summed E-state index contributed by atoms with van der Waals surface area (Å²) < 4.78 is 27.1. The summed E-state index contributed by atoms with van der Waals surface area (Å²) in [5.74, 6) is -2.18. The van der Waals surface area contributed by atoms with Crippen molar-refractivity contribution in [3.05, 3.63) is 77.1 Å². The molecular weight excluding hydrogens is 521 g/mol. The Labute approximate surface area is 221 Å². The molecule has 11 nitrogen and oxygen atoms in total. The number of aromatic nitrogens is 2. The maximum atomic E-state index is 15.0. The second kappa shape index (κ2) is 11.4. The van der Waals surface area contributed by atoms with Gasteiger partial charge < -0.3 is 19.7 Å². The highest BCUT2D eigenvalue weighted by Gasteiger charge is 2.42. The minimum Gasteiger partial charge on any atom is -0.421 e. The summed E-state index contributed by atoms with van der Waals surface area (Å²) in [6.07, 6.45) is 2.58. The minimum absolute atomic E-state index is 0.0898. The van der Waals surface area contributed by atoms with Crippen molar-refractivity contribution in [3.8, 4) is 11.4 Å². The first-order valence-corrected chi connectivity index (χ1v) is 11.7. The number of anilines is 2. The van der Waals surface area contributed by atoms with Gasteiger partial charge in [-0.1, -0.05) is 6.07 Å². The molecule has 1 fully saturated rings. The van der Waals surface area contributed by atoms with Crippen LogP contribution in [0.2, 0.25) is 0 Å². The van der Waals surface area contributed by atoms with Gasteiger partial charge in [0.15, 0.2) is 11.6 Å². The molecule has 0 spiro atoms. The molecule has 4 rings (SSSR count). The first-order valence-electron chi connectivity index (χ1n) is 11.4. The summed E-state index contributed by atoms with van der Waals surface area (Å²) in [5, 5.41) is 2.49. The van der Waals surface area contributed by atoms with Crippen molar-refractivity contribution in [3.63, 3.8) is 0 Å². The third kappa shape index (κ3) is 5.66. The van der Waals surface area contributed by atoms with Crippen LogP contribution in [0.3, 0.4) is 0 Å². The molecule has 1 aliphatic heterocycles. The Morgan fingerprint density at radius 3 is 2.63 bits per heavy atom. The molecule has 198 valence electrons. The minimum atomic E-state index is -1.00. The van der Waals surface area contributed by atoms with Gasteiger partial charge in [0.1, 0.15) is 11.9 Å². The molecule has 0 aliphatic carbocycles. The molecule has 0 saturated carbocycles. The van der Waals surface area contributed by atoms with E-state index < -0.39 is 41.4 Å². The largest absolute Gasteiger partial charge is 0.421 e. The molecule has 1 N–H and O–H groups in total. The zero-order valence-corrected chi connectivity index (χ0v) is 21.1. The van der Waals surface area contributed by atoms with E-state index >= 15 is 4.39 Å². The van der Waals surface area contributed by atoms with Gasteiger partial charge in [-0.15, -0.1) is 0 Å². The number of urea groups is 1. The van der Waals surface area contributed by atoms with Gasteiger partial charge >= 0.3 is 12.0 Å². The summed E-state index contributed by atoms with van der Waals surface area (Å²) in [6, 6.07) is 9.70. The standard InChI is InChI=1S/C25H23ClFN5O6/c1-15(33)38-21-6-5-11-30(24(21)35)16-8-9-19(18(27)12-16)29-23(34)20-13-17(37-2)14-31(20)25(36)32(26)22-7-3-4-10-28-22/h3-12,17,20H,13-14H2,1-2H3,(H,29,34). The highest BCUT2D eigenvalue weighted by atomic mass is 35.5. The van der Waals surface area contributed by atoms with Gasteiger partial charge in [-0.25, -0.2) is 14.2 Å². The van der Waals surface area contributed by atoms with Crippen molar-refractivity contribution in [2.45, 2.75) is 25.5 Å². The molecule has 3 aromatic rings. The molecule has 13 heteroatoms. The fraction of sp³-hybridized carbons (Fsp3) is 0.240. The molecular formula is C25H23ClFN5O6. The number of halogens is 2. The quantitative estimate of drug-likeness (QED) is 0.374. The summed E-state index contributed by atoms with van der Waals surface area (Å²) in [5.41, 5.74) is -0.684. The van der Waals surface area contributed by atoms with Gasteiger partial charge in [-0.2, -0.15) is 4.42 Å². The highest BCUT2D eigenvalue weighted by Crippen LogP contribution is 2.26. The zero-order chi connectivity index (χ0) is 27.4. The van der Waals surface area contributed by atoms with E-state index in [0.717, 1.165) is 22.0 Å². The fourth-order valence-electron chi connectivity index (χ4n) is 3.99. The topological polar surface area (TPSA) is 123 Å². The van der Waals surface area contributed by atoms with Crippen LogP contribution in [-0.2, 0) is 14.3 Å². The molecule has 0 radical (unpaired) electrons. The molecule has 2 aromatic heterocycles. The molecule has 0 bridgehead atoms. The van der Waals surface area contributed by atoms with Crippen molar-refractivity contribution < 1.29 is 28.2 Å². The Bertz CT molecular complexity index is 1420. The third-order valence-electron chi connectivity index (χ3n) is 5.82. The van der Waals surface area contributed by atoms with Crippen LogP contribution in [0.5, 0.6) is 5.75 Å². The van der Waals surface area contributed by atoms with E-state index in [1.54, 1.807) is 12.1 Å². The summed E-state index contributed by atoms with van der Waals surface area (Å²) in [4.78, 5) is 55.3. The van der Waals surface area contributed by atoms with Crippen LogP contribution in [0.4, 0.5) is 20.7 Å². The SMILES string of the molecule is COC1CC(C(=O)Nc2ccc(-n3cccc(OC(C)=O)c3=O)cc2F)N(C(=O)N(Cl)c2ccccn2)C1. The smallest absolute Gasteiger partial charge is 0.341 e. The van der Waals surface area contributed by atoms with Gasteiger partial charge in [0.25, 0.3) is 5.56 Å². The molecule has 3 heterocycles. The van der Waals surface area contributed by atoms with E-state index in [4.69, 9.17) is 21.3 Å². The van der Waals surface area contributed by atoms with Crippen LogP contribution >= 0.6 is 11.8 Å². The van der Waals surface area contributed by atoms with E-state index in [-0.39, 0.29) is 35.9 Å². The first-order chi connectivity index (χ1) is 18.2. The lowest BCUT2D eigenvalue weighted by molar-refractivity contribution is -0.132. The van der Waals surface area contributed by atoms with E-state index in [9.17, 15) is 19.2 Å². The highest BCUT2D eigenvalue weighted by molar-refractivity contribution is 6.36. The average Bonchev–Trinajstić information content (AvgIpc) is 3.35. The lowest BCUT2D eigenvalue weighted by Gasteiger charge is -2.26. The van der Waals surface area contributed by atoms with E-state index in [2.05, 4.69) is 10.3 Å². The van der Waals surface area contributed by atoms with Crippen molar-refractivity contribution in [2.75, 3.05) is 23.4 Å². The average molecular weight is 544 g/mol. The predicted molar refractivity (Wildman–Crippen MR) is 136 cm³/mol. The number of nitrogens with zero attached hydrogens (tertiary/aromatic N) is 4. The number of likely N-dealkylation sites (tertiary alicyclic amines) is 1. The summed E-state index contributed by atoms with van der Waals surface area (Å²) in [7, 11) is 1.46. The molecule has 2 unspecified atom stereocenters. The predicted octanol–water partition coefficient (Wildman–Crippen LogP) is 3.11. The summed E-state index contributed by atoms with van der Waals surface area (Å²) in [6.45, 7) is 1.25. The Kier molecular flexibility index (Phi) is 8.03. The number of carbonyl (C=O) groups excluding carboxylic acids is 3. The van der Waals surface area contributed by atoms with Crippen LogP contribution in [0.25, 0.3) is 5.69 Å². The van der Waals surface area contributed by atoms with E-state index in [1.165, 1.54) is 54.7 Å². The number of carbonyl (C=O) groups is 3. The van der Waals surface area contributed by atoms with Gasteiger partial charge in [-0.3, -0.25) is 19.0 Å². The molecule has 38 heavy (non-hydrogen) atoms. The number of hydrogen-bond donors (Lipinski definition) is 1. The Morgan fingerprint density at radius 2 is 1.97 bits per heavy atom. The first kappa shape index (κ1) is 26.8. The number of ether oxygens (including phenoxy) is 2. The van der Waals surface area contributed by atoms with Gasteiger partial charge in [-0.05, 0) is 36.4 Å². The van der Waals surface area contributed by atoms with Crippen molar-refractivity contribution >= 4 is 41.2 Å². The number of rotatable bonds is 6. The van der Waals surface area contributed by atoms with Gasteiger partial charge in [0.05, 0.1) is 17.5 Å². The van der Waals surface area contributed by atoms with E-state index in [0.29, 0.717) is 0 Å². The zero-order valence-electron chi connectivity index (χ0n) is 20.3. The van der Waals surface area contributed by atoms with Crippen LogP contribution in [0.1, 0.15) is 13.3 Å².